The van der Waals surface area contributed by atoms with Crippen LogP contribution in [-0.4, -0.2) is 34.1 Å². The summed E-state index contributed by atoms with van der Waals surface area (Å²) < 4.78 is 55.2. The van der Waals surface area contributed by atoms with E-state index in [9.17, 15) is 23.5 Å². The molecule has 2 heterocycles. The Morgan fingerprint density at radius 3 is 2.23 bits per heavy atom. The van der Waals surface area contributed by atoms with Gasteiger partial charge in [-0.15, -0.1) is 0 Å². The fourth-order valence-electron chi connectivity index (χ4n) is 6.21. The number of aliphatic carboxylic acids is 1. The van der Waals surface area contributed by atoms with Gasteiger partial charge in [0.15, 0.2) is 29.3 Å². The molecule has 6 nitrogen and oxygen atoms in total. The lowest BCUT2D eigenvalue weighted by Gasteiger charge is -2.31. The van der Waals surface area contributed by atoms with E-state index in [4.69, 9.17) is 21.1 Å². The molecule has 1 atom stereocenters. The number of hydrogen-bond acceptors (Lipinski definition) is 4. The van der Waals surface area contributed by atoms with E-state index >= 15 is 4.39 Å². The monoisotopic (exact) mass is 615 g/mol. The van der Waals surface area contributed by atoms with Gasteiger partial charge in [-0.2, -0.15) is 0 Å². The molecule has 1 amide bonds. The maximum atomic E-state index is 15.5. The highest BCUT2D eigenvalue weighted by molar-refractivity contribution is 6.31. The SMILES string of the molecule is Cc1c(-c2c(C)c3c(c(C)c2[C@H](OC(C)(C)C)C(=O)O)CN(C(=O)c2cc(F)c(F)c(Cl)c2)C3)cc(F)c2c1CCCO2. The van der Waals surface area contributed by atoms with Crippen LogP contribution in [0.15, 0.2) is 18.2 Å². The average Bonchev–Trinajstić information content (AvgIpc) is 3.40. The summed E-state index contributed by atoms with van der Waals surface area (Å²) in [7, 11) is 0. The van der Waals surface area contributed by atoms with Gasteiger partial charge in [0, 0.05) is 29.8 Å². The number of rotatable bonds is 5. The van der Waals surface area contributed by atoms with Crippen molar-refractivity contribution in [3.8, 4) is 16.9 Å². The molecule has 0 radical (unpaired) electrons. The lowest BCUT2D eigenvalue weighted by molar-refractivity contribution is -0.160. The Balaban J connectivity index is 1.73. The first-order valence-corrected chi connectivity index (χ1v) is 14.4. The van der Waals surface area contributed by atoms with E-state index in [-0.39, 0.29) is 24.4 Å². The molecule has 2 aliphatic rings. The van der Waals surface area contributed by atoms with Gasteiger partial charge >= 0.3 is 5.97 Å². The number of carbonyl (C=O) groups excluding carboxylic acids is 1. The highest BCUT2D eigenvalue weighted by Crippen LogP contribution is 2.47. The summed E-state index contributed by atoms with van der Waals surface area (Å²) in [5.41, 5.74) is 4.77. The summed E-state index contributed by atoms with van der Waals surface area (Å²) in [4.78, 5) is 27.7. The number of ether oxygens (including phenoxy) is 2. The van der Waals surface area contributed by atoms with Crippen LogP contribution >= 0.6 is 11.6 Å². The second-order valence-electron chi connectivity index (χ2n) is 12.2. The van der Waals surface area contributed by atoms with Gasteiger partial charge in [-0.3, -0.25) is 4.79 Å². The fourth-order valence-corrected chi connectivity index (χ4v) is 6.41. The second kappa shape index (κ2) is 11.2. The third-order valence-corrected chi connectivity index (χ3v) is 8.47. The van der Waals surface area contributed by atoms with E-state index in [2.05, 4.69) is 0 Å². The number of amides is 1. The normalized spacial score (nSPS) is 15.2. The molecule has 43 heavy (non-hydrogen) atoms. The third kappa shape index (κ3) is 5.49. The molecule has 0 aromatic heterocycles. The van der Waals surface area contributed by atoms with Crippen molar-refractivity contribution >= 4 is 23.5 Å². The van der Waals surface area contributed by atoms with E-state index in [0.29, 0.717) is 40.8 Å². The maximum absolute atomic E-state index is 15.5. The Morgan fingerprint density at radius 1 is 0.977 bits per heavy atom. The molecule has 5 rings (SSSR count). The lowest BCUT2D eigenvalue weighted by Crippen LogP contribution is -2.29. The maximum Gasteiger partial charge on any atom is 0.337 e. The minimum absolute atomic E-state index is 0.0952. The summed E-state index contributed by atoms with van der Waals surface area (Å²) in [6.45, 7) is 11.4. The zero-order valence-corrected chi connectivity index (χ0v) is 25.6. The van der Waals surface area contributed by atoms with Crippen LogP contribution in [-0.2, 0) is 29.0 Å². The van der Waals surface area contributed by atoms with Crippen LogP contribution in [0.25, 0.3) is 11.1 Å². The van der Waals surface area contributed by atoms with Gasteiger partial charge in [0.1, 0.15) is 0 Å². The number of carboxylic acids is 1. The van der Waals surface area contributed by atoms with Crippen molar-refractivity contribution in [2.75, 3.05) is 6.61 Å². The van der Waals surface area contributed by atoms with E-state index in [1.807, 2.05) is 13.8 Å². The van der Waals surface area contributed by atoms with E-state index in [0.717, 1.165) is 40.8 Å². The number of halogens is 4. The standard InChI is InChI=1S/C33H33ClF3NO5/c1-15-19-8-7-9-42-29(19)25(36)12-20(15)26-16(2)21-13-38(31(39)18-10-23(34)28(37)24(35)11-18)14-22(21)17(3)27(26)30(32(40)41)43-33(4,5)6/h10-12,30H,7-9,13-14H2,1-6H3,(H,40,41)/t30-/m0/s1. The number of nitrogens with zero attached hydrogens (tertiary/aromatic N) is 1. The van der Waals surface area contributed by atoms with Crippen molar-refractivity contribution in [1.82, 2.24) is 4.90 Å². The molecule has 3 aromatic carbocycles. The van der Waals surface area contributed by atoms with Crippen molar-refractivity contribution in [3.05, 3.63) is 85.2 Å². The molecule has 1 N–H and O–H groups in total. The Labute approximate surface area is 253 Å². The minimum Gasteiger partial charge on any atom is -0.490 e. The molecule has 0 saturated carbocycles. The van der Waals surface area contributed by atoms with E-state index < -0.39 is 46.1 Å². The lowest BCUT2D eigenvalue weighted by atomic mass is 9.81. The van der Waals surface area contributed by atoms with Crippen molar-refractivity contribution in [3.63, 3.8) is 0 Å². The Hall–Kier alpha value is -3.56. The first-order valence-electron chi connectivity index (χ1n) is 14.0. The summed E-state index contributed by atoms with van der Waals surface area (Å²) in [6, 6.07) is 3.27. The molecule has 2 aliphatic heterocycles. The summed E-state index contributed by atoms with van der Waals surface area (Å²) in [5, 5.41) is 9.94. The highest BCUT2D eigenvalue weighted by atomic mass is 35.5. The van der Waals surface area contributed by atoms with Crippen LogP contribution in [0.3, 0.4) is 0 Å². The van der Waals surface area contributed by atoms with Crippen molar-refractivity contribution in [1.29, 1.82) is 0 Å². The average molecular weight is 616 g/mol. The molecule has 3 aromatic rings. The number of carbonyl (C=O) groups is 2. The fraction of sp³-hybridized carbons (Fsp3) is 0.394. The highest BCUT2D eigenvalue weighted by Gasteiger charge is 2.37. The van der Waals surface area contributed by atoms with Crippen molar-refractivity contribution < 1.29 is 37.3 Å². The first-order chi connectivity index (χ1) is 20.1. The molecular weight excluding hydrogens is 583 g/mol. The predicted molar refractivity (Wildman–Crippen MR) is 156 cm³/mol. The van der Waals surface area contributed by atoms with Gasteiger partial charge in [-0.1, -0.05) is 11.6 Å². The quantitative estimate of drug-likeness (QED) is 0.297. The van der Waals surface area contributed by atoms with E-state index in [1.54, 1.807) is 27.7 Å². The van der Waals surface area contributed by atoms with Crippen molar-refractivity contribution in [2.24, 2.45) is 0 Å². The summed E-state index contributed by atoms with van der Waals surface area (Å²) in [5.74, 6) is -4.56. The second-order valence-corrected chi connectivity index (χ2v) is 12.6. The van der Waals surface area contributed by atoms with Crippen LogP contribution in [0.2, 0.25) is 5.02 Å². The van der Waals surface area contributed by atoms with Crippen LogP contribution < -0.4 is 4.74 Å². The third-order valence-electron chi connectivity index (χ3n) is 8.20. The number of fused-ring (bicyclic) bond motifs is 2. The topological polar surface area (TPSA) is 76.1 Å². The van der Waals surface area contributed by atoms with Gasteiger partial charge in [0.2, 0.25) is 0 Å². The molecule has 0 aliphatic carbocycles. The molecule has 0 saturated heterocycles. The Bertz CT molecular complexity index is 1660. The number of benzene rings is 3. The van der Waals surface area contributed by atoms with Gasteiger partial charge in [0.25, 0.3) is 5.91 Å². The van der Waals surface area contributed by atoms with Crippen LogP contribution in [0.1, 0.15) is 82.6 Å². The van der Waals surface area contributed by atoms with Gasteiger partial charge in [-0.05, 0) is 112 Å². The molecule has 228 valence electrons. The molecule has 0 spiro atoms. The van der Waals surface area contributed by atoms with Gasteiger partial charge in [-0.25, -0.2) is 18.0 Å². The molecule has 0 fully saturated rings. The Morgan fingerprint density at radius 2 is 1.63 bits per heavy atom. The molecule has 10 heteroatoms. The minimum atomic E-state index is -1.40. The zero-order chi connectivity index (χ0) is 31.5. The molecule has 0 unspecified atom stereocenters. The number of hydrogen-bond donors (Lipinski definition) is 1. The summed E-state index contributed by atoms with van der Waals surface area (Å²) >= 11 is 5.82. The predicted octanol–water partition coefficient (Wildman–Crippen LogP) is 7.77. The van der Waals surface area contributed by atoms with Crippen molar-refractivity contribution in [2.45, 2.75) is 79.2 Å². The van der Waals surface area contributed by atoms with Crippen LogP contribution in [0.4, 0.5) is 13.2 Å². The molecular formula is C33H33ClF3NO5. The smallest absolute Gasteiger partial charge is 0.337 e. The van der Waals surface area contributed by atoms with Gasteiger partial charge in [0.05, 0.1) is 17.2 Å². The molecule has 0 bridgehead atoms. The first kappa shape index (κ1) is 30.9. The Kier molecular flexibility index (Phi) is 8.03. The van der Waals surface area contributed by atoms with Crippen LogP contribution in [0.5, 0.6) is 5.75 Å². The summed E-state index contributed by atoms with van der Waals surface area (Å²) in [6.07, 6.45) is -0.0604. The zero-order valence-electron chi connectivity index (χ0n) is 24.9. The van der Waals surface area contributed by atoms with Gasteiger partial charge < -0.3 is 19.5 Å². The van der Waals surface area contributed by atoms with Crippen LogP contribution in [0, 0.1) is 38.2 Å². The largest absolute Gasteiger partial charge is 0.490 e. The van der Waals surface area contributed by atoms with E-state index in [1.165, 1.54) is 11.0 Å². The number of carboxylic acid groups (broad SMARTS) is 1.